The van der Waals surface area contributed by atoms with Gasteiger partial charge in [-0.25, -0.2) is 18.2 Å². The summed E-state index contributed by atoms with van der Waals surface area (Å²) in [6, 6.07) is 3.02. The Morgan fingerprint density at radius 2 is 2.29 bits per heavy atom. The molecule has 0 aromatic carbocycles. The number of carboxylic acid groups (broad SMARTS) is 1. The van der Waals surface area contributed by atoms with E-state index in [0.29, 0.717) is 18.5 Å². The van der Waals surface area contributed by atoms with E-state index in [0.717, 1.165) is 0 Å². The Balaban J connectivity index is 2.19. The van der Waals surface area contributed by atoms with Gasteiger partial charge in [0, 0.05) is 19.3 Å². The highest BCUT2D eigenvalue weighted by Gasteiger charge is 2.28. The van der Waals surface area contributed by atoms with Crippen molar-refractivity contribution in [2.75, 3.05) is 12.3 Å². The molecule has 2 heterocycles. The van der Waals surface area contributed by atoms with Gasteiger partial charge in [-0.05, 0) is 24.1 Å². The summed E-state index contributed by atoms with van der Waals surface area (Å²) < 4.78 is 24.5. The van der Waals surface area contributed by atoms with E-state index >= 15 is 0 Å². The first-order valence-electron chi connectivity index (χ1n) is 5.15. The maximum absolute atomic E-state index is 11.6. The standard InChI is InChI=1S/C10H12N2O4S/c13-10(14)9-6-8(2-3-11-9)7-12-4-1-5-17(12,15)16/h2-3,6H,1,4-5,7H2,(H,13,14). The lowest BCUT2D eigenvalue weighted by Crippen LogP contribution is -2.25. The third kappa shape index (κ3) is 2.62. The van der Waals surface area contributed by atoms with Crippen molar-refractivity contribution in [3.05, 3.63) is 29.6 Å². The Labute approximate surface area is 98.9 Å². The smallest absolute Gasteiger partial charge is 0.354 e. The SMILES string of the molecule is O=C(O)c1cc(CN2CCCS2(=O)=O)ccn1. The van der Waals surface area contributed by atoms with E-state index in [1.807, 2.05) is 0 Å². The summed E-state index contributed by atoms with van der Waals surface area (Å²) in [6.07, 6.45) is 2.00. The third-order valence-corrected chi connectivity index (χ3v) is 4.51. The first-order valence-corrected chi connectivity index (χ1v) is 6.76. The Morgan fingerprint density at radius 1 is 1.53 bits per heavy atom. The van der Waals surface area contributed by atoms with Crippen LogP contribution in [0, 0.1) is 0 Å². The van der Waals surface area contributed by atoms with Gasteiger partial charge in [-0.15, -0.1) is 0 Å². The van der Waals surface area contributed by atoms with Gasteiger partial charge in [0.15, 0.2) is 0 Å². The van der Waals surface area contributed by atoms with Crippen molar-refractivity contribution in [1.29, 1.82) is 0 Å². The first kappa shape index (κ1) is 12.0. The van der Waals surface area contributed by atoms with Crippen LogP contribution >= 0.6 is 0 Å². The van der Waals surface area contributed by atoms with E-state index in [2.05, 4.69) is 4.98 Å². The number of aromatic nitrogens is 1. The Hall–Kier alpha value is -1.47. The van der Waals surface area contributed by atoms with Gasteiger partial charge in [0.25, 0.3) is 0 Å². The number of carboxylic acids is 1. The van der Waals surface area contributed by atoms with Gasteiger partial charge in [0.1, 0.15) is 5.69 Å². The molecule has 0 atom stereocenters. The maximum atomic E-state index is 11.6. The number of aromatic carboxylic acids is 1. The van der Waals surface area contributed by atoms with Crippen LogP contribution in [0.15, 0.2) is 18.3 Å². The van der Waals surface area contributed by atoms with Crippen LogP contribution in [-0.4, -0.2) is 41.1 Å². The molecule has 17 heavy (non-hydrogen) atoms. The fourth-order valence-corrected chi connectivity index (χ4v) is 3.27. The Kier molecular flexibility index (Phi) is 3.12. The molecule has 0 radical (unpaired) electrons. The minimum absolute atomic E-state index is 0.0703. The number of pyridine rings is 1. The van der Waals surface area contributed by atoms with Gasteiger partial charge in [-0.1, -0.05) is 0 Å². The summed E-state index contributed by atoms with van der Waals surface area (Å²) in [7, 11) is -3.15. The van der Waals surface area contributed by atoms with Crippen molar-refractivity contribution >= 4 is 16.0 Å². The number of nitrogens with zero attached hydrogens (tertiary/aromatic N) is 2. The summed E-state index contributed by atoms with van der Waals surface area (Å²) in [4.78, 5) is 14.4. The minimum atomic E-state index is -3.15. The van der Waals surface area contributed by atoms with Crippen LogP contribution < -0.4 is 0 Å². The molecule has 6 nitrogen and oxygen atoms in total. The molecule has 1 aromatic rings. The van der Waals surface area contributed by atoms with E-state index in [4.69, 9.17) is 5.11 Å². The zero-order chi connectivity index (χ0) is 12.5. The highest BCUT2D eigenvalue weighted by Crippen LogP contribution is 2.17. The second-order valence-electron chi connectivity index (χ2n) is 3.86. The quantitative estimate of drug-likeness (QED) is 0.841. The molecule has 1 aromatic heterocycles. The van der Waals surface area contributed by atoms with Crippen LogP contribution in [0.4, 0.5) is 0 Å². The largest absolute Gasteiger partial charge is 0.477 e. The summed E-state index contributed by atoms with van der Waals surface area (Å²) >= 11 is 0. The van der Waals surface area contributed by atoms with Crippen LogP contribution in [0.3, 0.4) is 0 Å². The van der Waals surface area contributed by atoms with E-state index in [1.54, 1.807) is 6.07 Å². The molecular weight excluding hydrogens is 244 g/mol. The van der Waals surface area contributed by atoms with Gasteiger partial charge in [0.2, 0.25) is 10.0 Å². The summed E-state index contributed by atoms with van der Waals surface area (Å²) in [6.45, 7) is 0.707. The Morgan fingerprint density at radius 3 is 2.88 bits per heavy atom. The lowest BCUT2D eigenvalue weighted by atomic mass is 10.2. The molecule has 1 aliphatic heterocycles. The van der Waals surface area contributed by atoms with Crippen molar-refractivity contribution in [2.45, 2.75) is 13.0 Å². The normalized spacial score (nSPS) is 19.3. The van der Waals surface area contributed by atoms with Crippen molar-refractivity contribution < 1.29 is 18.3 Å². The average Bonchev–Trinajstić information content (AvgIpc) is 2.59. The Bertz CT molecular complexity index is 541. The van der Waals surface area contributed by atoms with Crippen molar-refractivity contribution in [1.82, 2.24) is 9.29 Å². The van der Waals surface area contributed by atoms with Gasteiger partial charge in [-0.2, -0.15) is 4.31 Å². The van der Waals surface area contributed by atoms with Crippen LogP contribution in [0.25, 0.3) is 0 Å². The minimum Gasteiger partial charge on any atom is -0.477 e. The summed E-state index contributed by atoms with van der Waals surface area (Å²) in [5.74, 6) is -0.944. The van der Waals surface area contributed by atoms with Crippen LogP contribution in [0.5, 0.6) is 0 Å². The molecule has 0 saturated carbocycles. The number of rotatable bonds is 3. The van der Waals surface area contributed by atoms with E-state index in [-0.39, 0.29) is 18.0 Å². The summed E-state index contributed by atoms with van der Waals surface area (Å²) in [5.41, 5.74) is 0.571. The molecule has 1 aliphatic rings. The van der Waals surface area contributed by atoms with Crippen molar-refractivity contribution in [3.63, 3.8) is 0 Å². The van der Waals surface area contributed by atoms with Gasteiger partial charge >= 0.3 is 5.97 Å². The predicted molar refractivity (Wildman–Crippen MR) is 60.0 cm³/mol. The highest BCUT2D eigenvalue weighted by atomic mass is 32.2. The highest BCUT2D eigenvalue weighted by molar-refractivity contribution is 7.89. The van der Waals surface area contributed by atoms with Crippen molar-refractivity contribution in [3.8, 4) is 0 Å². The van der Waals surface area contributed by atoms with E-state index in [9.17, 15) is 13.2 Å². The first-order chi connectivity index (χ1) is 7.99. The third-order valence-electron chi connectivity index (χ3n) is 2.61. The van der Waals surface area contributed by atoms with Gasteiger partial charge < -0.3 is 5.11 Å². The lowest BCUT2D eigenvalue weighted by Gasteiger charge is -2.14. The van der Waals surface area contributed by atoms with Gasteiger partial charge in [-0.3, -0.25) is 0 Å². The monoisotopic (exact) mass is 256 g/mol. The average molecular weight is 256 g/mol. The zero-order valence-electron chi connectivity index (χ0n) is 9.04. The molecule has 0 spiro atoms. The van der Waals surface area contributed by atoms with E-state index in [1.165, 1.54) is 16.6 Å². The van der Waals surface area contributed by atoms with Gasteiger partial charge in [0.05, 0.1) is 5.75 Å². The molecule has 0 bridgehead atoms. The fraction of sp³-hybridized carbons (Fsp3) is 0.400. The number of hydrogen-bond acceptors (Lipinski definition) is 4. The molecule has 0 aliphatic carbocycles. The number of carbonyl (C=O) groups is 1. The van der Waals surface area contributed by atoms with E-state index < -0.39 is 16.0 Å². The summed E-state index contributed by atoms with van der Waals surface area (Å²) in [5, 5.41) is 8.78. The molecule has 1 N–H and O–H groups in total. The topological polar surface area (TPSA) is 87.6 Å². The van der Waals surface area contributed by atoms with Crippen LogP contribution in [-0.2, 0) is 16.6 Å². The number of sulfonamides is 1. The maximum Gasteiger partial charge on any atom is 0.354 e. The van der Waals surface area contributed by atoms with Crippen LogP contribution in [0.2, 0.25) is 0 Å². The van der Waals surface area contributed by atoms with Crippen LogP contribution in [0.1, 0.15) is 22.5 Å². The molecule has 2 rings (SSSR count). The molecule has 92 valence electrons. The predicted octanol–water partition coefficient (Wildman–Crippen LogP) is 0.315. The molecular formula is C10H12N2O4S. The fourth-order valence-electron chi connectivity index (χ4n) is 1.76. The van der Waals surface area contributed by atoms with Crippen molar-refractivity contribution in [2.24, 2.45) is 0 Å². The lowest BCUT2D eigenvalue weighted by molar-refractivity contribution is 0.0690. The molecule has 0 amide bonds. The molecule has 1 saturated heterocycles. The second-order valence-corrected chi connectivity index (χ2v) is 5.95. The molecule has 1 fully saturated rings. The molecule has 0 unspecified atom stereocenters. The second kappa shape index (κ2) is 4.42. The zero-order valence-corrected chi connectivity index (χ0v) is 9.85. The molecule has 7 heteroatoms. The number of hydrogen-bond donors (Lipinski definition) is 1.